The molecule has 1 saturated carbocycles. The number of hydrogen-bond donors (Lipinski definition) is 2. The Labute approximate surface area is 165 Å². The van der Waals surface area contributed by atoms with Crippen LogP contribution in [-0.2, 0) is 10.9 Å². The first-order valence-electron chi connectivity index (χ1n) is 9.06. The van der Waals surface area contributed by atoms with Crippen LogP contribution in [0, 0.1) is 0 Å². The molecule has 2 N–H and O–H groups in total. The number of alkyl halides is 3. The van der Waals surface area contributed by atoms with Gasteiger partial charge in [-0.3, -0.25) is 0 Å². The second-order valence-electron chi connectivity index (χ2n) is 6.62. The summed E-state index contributed by atoms with van der Waals surface area (Å²) in [5.74, 6) is -0.432. The highest BCUT2D eigenvalue weighted by atomic mass is 19.4. The normalized spacial score (nSPS) is 14.5. The summed E-state index contributed by atoms with van der Waals surface area (Å²) in [6.07, 6.45) is -0.892. The molecule has 0 radical (unpaired) electrons. The van der Waals surface area contributed by atoms with Crippen LogP contribution >= 0.6 is 0 Å². The minimum atomic E-state index is -4.64. The van der Waals surface area contributed by atoms with Gasteiger partial charge in [0.15, 0.2) is 5.69 Å². The molecule has 0 bridgehead atoms. The van der Waals surface area contributed by atoms with E-state index in [1.807, 2.05) is 0 Å². The minimum absolute atomic E-state index is 0.0449. The summed E-state index contributed by atoms with van der Waals surface area (Å²) in [4.78, 5) is 19.6. The van der Waals surface area contributed by atoms with Crippen molar-refractivity contribution in [2.75, 3.05) is 24.9 Å². The number of hydrogen-bond acceptors (Lipinski definition) is 7. The highest BCUT2D eigenvalue weighted by Crippen LogP contribution is 2.33. The first-order chi connectivity index (χ1) is 13.8. The summed E-state index contributed by atoms with van der Waals surface area (Å²) in [5, 5.41) is 5.78. The number of aromatic nitrogens is 2. The Morgan fingerprint density at radius 3 is 2.48 bits per heavy atom. The van der Waals surface area contributed by atoms with E-state index in [0.29, 0.717) is 5.75 Å². The second kappa shape index (κ2) is 8.54. The smallest absolute Gasteiger partial charge is 0.433 e. The lowest BCUT2D eigenvalue weighted by Crippen LogP contribution is -2.19. The predicted molar refractivity (Wildman–Crippen MR) is 101 cm³/mol. The first-order valence-corrected chi connectivity index (χ1v) is 9.06. The Morgan fingerprint density at radius 1 is 1.14 bits per heavy atom. The van der Waals surface area contributed by atoms with Crippen LogP contribution in [0.4, 0.5) is 30.6 Å². The van der Waals surface area contributed by atoms with E-state index in [2.05, 4.69) is 25.3 Å². The van der Waals surface area contributed by atoms with E-state index in [0.717, 1.165) is 31.7 Å². The molecule has 0 unspecified atom stereocenters. The van der Waals surface area contributed by atoms with E-state index in [4.69, 9.17) is 4.74 Å². The van der Waals surface area contributed by atoms with Crippen LogP contribution in [0.3, 0.4) is 0 Å². The molecule has 7 nitrogen and oxygen atoms in total. The fourth-order valence-electron chi connectivity index (χ4n) is 3.16. The molecule has 1 aliphatic rings. The molecule has 3 rings (SSSR count). The van der Waals surface area contributed by atoms with Crippen LogP contribution in [0.15, 0.2) is 24.3 Å². The van der Waals surface area contributed by atoms with Crippen molar-refractivity contribution in [3.8, 4) is 5.75 Å². The van der Waals surface area contributed by atoms with Crippen molar-refractivity contribution in [1.29, 1.82) is 0 Å². The predicted octanol–water partition coefficient (Wildman–Crippen LogP) is 4.39. The van der Waals surface area contributed by atoms with Gasteiger partial charge in [-0.1, -0.05) is 12.8 Å². The average Bonchev–Trinajstić information content (AvgIpc) is 3.19. The lowest BCUT2D eigenvalue weighted by Gasteiger charge is -2.17. The van der Waals surface area contributed by atoms with Crippen molar-refractivity contribution >= 4 is 23.4 Å². The molecule has 2 aromatic rings. The molecular formula is C19H21F3N4O3. The monoisotopic (exact) mass is 410 g/mol. The number of benzene rings is 1. The van der Waals surface area contributed by atoms with E-state index in [-0.39, 0.29) is 29.1 Å². The second-order valence-corrected chi connectivity index (χ2v) is 6.62. The highest BCUT2D eigenvalue weighted by molar-refractivity contribution is 5.91. The number of ether oxygens (including phenoxy) is 2. The van der Waals surface area contributed by atoms with Gasteiger partial charge in [0.1, 0.15) is 11.6 Å². The zero-order valence-corrected chi connectivity index (χ0v) is 16.0. The molecule has 0 atom stereocenters. The average molecular weight is 410 g/mol. The number of anilines is 3. The highest BCUT2D eigenvalue weighted by Gasteiger charge is 2.34. The molecule has 1 aromatic heterocycles. The molecule has 0 spiro atoms. The van der Waals surface area contributed by atoms with Crippen molar-refractivity contribution in [2.45, 2.75) is 37.9 Å². The van der Waals surface area contributed by atoms with Gasteiger partial charge in [0.05, 0.1) is 25.5 Å². The number of nitrogens with zero attached hydrogens (tertiary/aromatic N) is 2. The molecule has 156 valence electrons. The summed E-state index contributed by atoms with van der Waals surface area (Å²) in [7, 11) is 2.65. The van der Waals surface area contributed by atoms with E-state index in [9.17, 15) is 18.0 Å². The van der Waals surface area contributed by atoms with Gasteiger partial charge in [-0.25, -0.2) is 9.78 Å². The molecule has 29 heavy (non-hydrogen) atoms. The number of methoxy groups -OCH3 is 2. The maximum Gasteiger partial charge on any atom is 0.433 e. The summed E-state index contributed by atoms with van der Waals surface area (Å²) < 4.78 is 49.9. The van der Waals surface area contributed by atoms with Crippen LogP contribution in [0.25, 0.3) is 0 Å². The summed E-state index contributed by atoms with van der Waals surface area (Å²) >= 11 is 0. The molecule has 0 amide bonds. The van der Waals surface area contributed by atoms with Crippen molar-refractivity contribution in [3.63, 3.8) is 0 Å². The van der Waals surface area contributed by atoms with E-state index >= 15 is 0 Å². The molecular weight excluding hydrogens is 389 g/mol. The fourth-order valence-corrected chi connectivity index (χ4v) is 3.16. The van der Waals surface area contributed by atoms with Crippen molar-refractivity contribution in [1.82, 2.24) is 9.97 Å². The number of carbonyl (C=O) groups excluding carboxylic acids is 1. The Hall–Kier alpha value is -3.04. The van der Waals surface area contributed by atoms with Gasteiger partial charge in [-0.05, 0) is 31.0 Å². The molecule has 0 saturated heterocycles. The lowest BCUT2D eigenvalue weighted by atomic mass is 10.2. The molecule has 10 heteroatoms. The zero-order chi connectivity index (χ0) is 21.0. The van der Waals surface area contributed by atoms with Gasteiger partial charge in [-0.2, -0.15) is 18.2 Å². The zero-order valence-electron chi connectivity index (χ0n) is 16.0. The third-order valence-electron chi connectivity index (χ3n) is 4.59. The van der Waals surface area contributed by atoms with Gasteiger partial charge in [0.25, 0.3) is 0 Å². The van der Waals surface area contributed by atoms with E-state index in [1.165, 1.54) is 32.4 Å². The quantitative estimate of drug-likeness (QED) is 0.683. The molecule has 0 aliphatic heterocycles. The molecule has 1 fully saturated rings. The van der Waals surface area contributed by atoms with Gasteiger partial charge >= 0.3 is 12.1 Å². The Kier molecular flexibility index (Phi) is 6.09. The molecule has 1 heterocycles. The van der Waals surface area contributed by atoms with Crippen molar-refractivity contribution < 1.29 is 27.4 Å². The number of halogens is 3. The number of esters is 1. The van der Waals surface area contributed by atoms with E-state index < -0.39 is 17.8 Å². The maximum absolute atomic E-state index is 13.3. The molecule has 1 aliphatic carbocycles. The number of nitrogens with one attached hydrogen (secondary N) is 2. The number of rotatable bonds is 6. The topological polar surface area (TPSA) is 85.4 Å². The Balaban J connectivity index is 1.96. The Bertz CT molecular complexity index is 883. The Morgan fingerprint density at radius 2 is 1.86 bits per heavy atom. The van der Waals surface area contributed by atoms with Gasteiger partial charge in [0, 0.05) is 12.1 Å². The SMILES string of the molecule is COC(=O)c1ccc(OC)c(Nc2cc(C(F)(F)F)nc(NC3CCCC3)n2)c1. The first kappa shape index (κ1) is 20.7. The van der Waals surface area contributed by atoms with Gasteiger partial charge < -0.3 is 20.1 Å². The van der Waals surface area contributed by atoms with Crippen molar-refractivity contribution in [3.05, 3.63) is 35.5 Å². The van der Waals surface area contributed by atoms with Crippen molar-refractivity contribution in [2.24, 2.45) is 0 Å². The van der Waals surface area contributed by atoms with Crippen LogP contribution < -0.4 is 15.4 Å². The maximum atomic E-state index is 13.3. The molecule has 1 aromatic carbocycles. The van der Waals surface area contributed by atoms with Crippen LogP contribution in [0.2, 0.25) is 0 Å². The third kappa shape index (κ3) is 5.07. The van der Waals surface area contributed by atoms with Gasteiger partial charge in [0.2, 0.25) is 5.95 Å². The van der Waals surface area contributed by atoms with Gasteiger partial charge in [-0.15, -0.1) is 0 Å². The minimum Gasteiger partial charge on any atom is -0.495 e. The summed E-state index contributed by atoms with van der Waals surface area (Å²) in [6.45, 7) is 0. The van der Waals surface area contributed by atoms with Crippen LogP contribution in [-0.4, -0.2) is 36.2 Å². The summed E-state index contributed by atoms with van der Waals surface area (Å²) in [6, 6.07) is 5.28. The third-order valence-corrected chi connectivity index (χ3v) is 4.59. The fraction of sp³-hybridized carbons (Fsp3) is 0.421. The standard InChI is InChI=1S/C19H21F3N4O3/c1-28-14-8-7-11(17(27)29-2)9-13(14)24-16-10-15(19(20,21)22)25-18(26-16)23-12-5-3-4-6-12/h7-10,12H,3-6H2,1-2H3,(H2,23,24,25,26). The summed E-state index contributed by atoms with van der Waals surface area (Å²) in [5.41, 5.74) is -0.585. The lowest BCUT2D eigenvalue weighted by molar-refractivity contribution is -0.141. The largest absolute Gasteiger partial charge is 0.495 e. The van der Waals surface area contributed by atoms with Crippen LogP contribution in [0.5, 0.6) is 5.75 Å². The number of carbonyl (C=O) groups is 1. The van der Waals surface area contributed by atoms with E-state index in [1.54, 1.807) is 0 Å². The van der Waals surface area contributed by atoms with Crippen LogP contribution in [0.1, 0.15) is 41.7 Å².